The summed E-state index contributed by atoms with van der Waals surface area (Å²) in [4.78, 5) is 27.0. The van der Waals surface area contributed by atoms with E-state index in [1.165, 1.54) is 0 Å². The van der Waals surface area contributed by atoms with E-state index in [2.05, 4.69) is 10.3 Å². The number of hydrogen-bond donors (Lipinski definition) is 6. The summed E-state index contributed by atoms with van der Waals surface area (Å²) >= 11 is 0. The molecule has 142 valence electrons. The molecule has 8 N–H and O–H groups in total. The monoisotopic (exact) mass is 382 g/mol. The minimum Gasteiger partial charge on any atom is -0.542 e. The van der Waals surface area contributed by atoms with Gasteiger partial charge in [0.05, 0.1) is 18.7 Å². The van der Waals surface area contributed by atoms with Crippen molar-refractivity contribution in [1.82, 2.24) is 5.32 Å². The molecular formula is C14H23N4NaO7. The molecule has 0 unspecified atom stereocenters. The van der Waals surface area contributed by atoms with Crippen LogP contribution < -0.4 is 51.4 Å². The van der Waals surface area contributed by atoms with Gasteiger partial charge in [-0.15, -0.1) is 0 Å². The first-order valence-electron chi connectivity index (χ1n) is 7.54. The zero-order valence-corrected chi connectivity index (χ0v) is 16.8. The van der Waals surface area contributed by atoms with Gasteiger partial charge in [0.25, 0.3) is 0 Å². The van der Waals surface area contributed by atoms with Crippen LogP contribution in [0.2, 0.25) is 0 Å². The van der Waals surface area contributed by atoms with E-state index in [1.807, 2.05) is 0 Å². The first-order chi connectivity index (χ1) is 11.6. The van der Waals surface area contributed by atoms with Gasteiger partial charge in [0.15, 0.2) is 5.96 Å². The number of nitrogens with one attached hydrogen (secondary N) is 1. The maximum Gasteiger partial charge on any atom is 1.00 e. The number of ether oxygens (including phenoxy) is 1. The van der Waals surface area contributed by atoms with E-state index in [0.717, 1.165) is 6.08 Å². The van der Waals surface area contributed by atoms with E-state index >= 15 is 0 Å². The van der Waals surface area contributed by atoms with Crippen LogP contribution >= 0.6 is 0 Å². The molecule has 1 rings (SSSR count). The quantitative estimate of drug-likeness (QED) is 0.140. The largest absolute Gasteiger partial charge is 1.00 e. The SMILES string of the molecule is CC(C)C(=O)N[C@H]1[C@H]([C@H](O)[C@H](O)CO)OC(C(=O)[O-])=C[C@@H]1N=C(N)N.[Na+]. The van der Waals surface area contributed by atoms with Crippen molar-refractivity contribution in [1.29, 1.82) is 0 Å². The van der Waals surface area contributed by atoms with Crippen molar-refractivity contribution in [2.75, 3.05) is 6.61 Å². The summed E-state index contributed by atoms with van der Waals surface area (Å²) in [5.74, 6) is -3.63. The van der Waals surface area contributed by atoms with Crippen LogP contribution in [0, 0.1) is 5.92 Å². The molecule has 1 aliphatic rings. The van der Waals surface area contributed by atoms with Gasteiger partial charge in [-0.05, 0) is 6.08 Å². The summed E-state index contributed by atoms with van der Waals surface area (Å²) in [7, 11) is 0. The van der Waals surface area contributed by atoms with Crippen LogP contribution in [0.25, 0.3) is 0 Å². The summed E-state index contributed by atoms with van der Waals surface area (Å²) in [6.45, 7) is 2.42. The molecule has 0 saturated carbocycles. The van der Waals surface area contributed by atoms with Crippen molar-refractivity contribution in [3.05, 3.63) is 11.8 Å². The van der Waals surface area contributed by atoms with Gasteiger partial charge in [0, 0.05) is 5.92 Å². The second-order valence-electron chi connectivity index (χ2n) is 5.87. The molecule has 11 nitrogen and oxygen atoms in total. The topological polar surface area (TPSA) is 204 Å². The maximum atomic E-state index is 12.0. The number of hydrogen-bond acceptors (Lipinski definition) is 8. The number of aliphatic imine (C=N–C) groups is 1. The van der Waals surface area contributed by atoms with Crippen LogP contribution in [-0.2, 0) is 14.3 Å². The molecule has 1 heterocycles. The first kappa shape index (κ1) is 24.6. The summed E-state index contributed by atoms with van der Waals surface area (Å²) in [6, 6.07) is -2.20. The summed E-state index contributed by atoms with van der Waals surface area (Å²) in [5.41, 5.74) is 10.7. The molecule has 0 spiro atoms. The molecular weight excluding hydrogens is 359 g/mol. The van der Waals surface area contributed by atoms with Crippen molar-refractivity contribution in [2.45, 2.75) is 44.2 Å². The van der Waals surface area contributed by atoms with Crippen molar-refractivity contribution in [3.63, 3.8) is 0 Å². The maximum absolute atomic E-state index is 12.0. The minimum atomic E-state index is -1.73. The Hall–Kier alpha value is -1.37. The van der Waals surface area contributed by atoms with Crippen LogP contribution in [0.5, 0.6) is 0 Å². The Labute approximate surface area is 172 Å². The number of rotatable bonds is 7. The van der Waals surface area contributed by atoms with Crippen LogP contribution in [-0.4, -0.2) is 70.2 Å². The molecule has 0 radical (unpaired) electrons. The average Bonchev–Trinajstić information content (AvgIpc) is 2.53. The number of carboxylic acid groups (broad SMARTS) is 1. The Balaban J connectivity index is 0.00000625. The summed E-state index contributed by atoms with van der Waals surface area (Å²) < 4.78 is 5.15. The number of nitrogens with zero attached hydrogens (tertiary/aromatic N) is 1. The molecule has 1 aliphatic heterocycles. The van der Waals surface area contributed by atoms with E-state index in [9.17, 15) is 24.9 Å². The minimum absolute atomic E-state index is 0. The van der Waals surface area contributed by atoms with Crippen molar-refractivity contribution < 1.29 is 64.3 Å². The van der Waals surface area contributed by atoms with Crippen molar-refractivity contribution >= 4 is 17.8 Å². The first-order valence-corrected chi connectivity index (χ1v) is 7.54. The number of aliphatic hydroxyl groups is 3. The van der Waals surface area contributed by atoms with Gasteiger partial charge in [0.2, 0.25) is 5.91 Å². The number of carboxylic acids is 1. The second-order valence-corrected chi connectivity index (χ2v) is 5.87. The molecule has 0 aromatic carbocycles. The zero-order chi connectivity index (χ0) is 19.3. The van der Waals surface area contributed by atoms with Gasteiger partial charge in [-0.25, -0.2) is 4.99 Å². The van der Waals surface area contributed by atoms with E-state index < -0.39 is 60.6 Å². The fourth-order valence-corrected chi connectivity index (χ4v) is 2.23. The molecule has 1 amide bonds. The predicted octanol–water partition coefficient (Wildman–Crippen LogP) is -7.48. The Kier molecular flexibility index (Phi) is 10.1. The molecule has 0 saturated heterocycles. The number of aliphatic carboxylic acids is 1. The predicted molar refractivity (Wildman–Crippen MR) is 83.4 cm³/mol. The zero-order valence-electron chi connectivity index (χ0n) is 14.8. The third kappa shape index (κ3) is 6.41. The van der Waals surface area contributed by atoms with E-state index in [4.69, 9.17) is 21.3 Å². The van der Waals surface area contributed by atoms with Gasteiger partial charge in [0.1, 0.15) is 30.0 Å². The number of nitrogens with two attached hydrogens (primary N) is 2. The summed E-state index contributed by atoms with van der Waals surface area (Å²) in [6.07, 6.45) is -3.81. The standard InChI is InChI=1S/C14H24N4O7.Na/c1-5(2)12(22)18-9-6(17-14(15)16)3-8(13(23)24)25-11(9)10(21)7(20)4-19;/h3,5-7,9-11,19-21H,4H2,1-2H3,(H,18,22)(H,23,24)(H4,15,16,17);/q;+1/p-1/t6-,7+,9+,10+,11+;/m0./s1. The smallest absolute Gasteiger partial charge is 0.542 e. The van der Waals surface area contributed by atoms with Gasteiger partial charge in [-0.2, -0.15) is 0 Å². The molecule has 0 aromatic heterocycles. The Morgan fingerprint density at radius 2 is 1.96 bits per heavy atom. The molecule has 12 heteroatoms. The third-order valence-corrected chi connectivity index (χ3v) is 3.56. The van der Waals surface area contributed by atoms with Crippen LogP contribution in [0.4, 0.5) is 0 Å². The van der Waals surface area contributed by atoms with Gasteiger partial charge < -0.3 is 46.7 Å². The average molecular weight is 382 g/mol. The normalized spacial score (nSPS) is 24.4. The number of aliphatic hydroxyl groups excluding tert-OH is 3. The van der Waals surface area contributed by atoms with Gasteiger partial charge in [-0.1, -0.05) is 13.8 Å². The van der Waals surface area contributed by atoms with Gasteiger partial charge >= 0.3 is 29.6 Å². The number of carbonyl (C=O) groups excluding carboxylic acids is 2. The van der Waals surface area contributed by atoms with Crippen molar-refractivity contribution in [2.24, 2.45) is 22.4 Å². The number of amides is 1. The second kappa shape index (κ2) is 10.7. The van der Waals surface area contributed by atoms with Crippen LogP contribution in [0.15, 0.2) is 16.8 Å². The van der Waals surface area contributed by atoms with Crippen LogP contribution in [0.1, 0.15) is 13.8 Å². The molecule has 0 fully saturated rings. The van der Waals surface area contributed by atoms with Crippen molar-refractivity contribution in [3.8, 4) is 0 Å². The summed E-state index contributed by atoms with van der Waals surface area (Å²) in [5, 5.41) is 42.5. The molecule has 5 atom stereocenters. The fourth-order valence-electron chi connectivity index (χ4n) is 2.23. The Morgan fingerprint density at radius 1 is 1.38 bits per heavy atom. The van der Waals surface area contributed by atoms with E-state index in [0.29, 0.717) is 0 Å². The number of carbonyl (C=O) groups is 2. The fraction of sp³-hybridized carbons (Fsp3) is 0.643. The van der Waals surface area contributed by atoms with Crippen LogP contribution in [0.3, 0.4) is 0 Å². The molecule has 26 heavy (non-hydrogen) atoms. The van der Waals surface area contributed by atoms with Gasteiger partial charge in [-0.3, -0.25) is 4.79 Å². The molecule has 0 aromatic rings. The van der Waals surface area contributed by atoms with E-state index in [-0.39, 0.29) is 35.5 Å². The number of guanidine groups is 1. The molecule has 0 bridgehead atoms. The Morgan fingerprint density at radius 3 is 2.38 bits per heavy atom. The third-order valence-electron chi connectivity index (χ3n) is 3.56. The Bertz CT molecular complexity index is 565. The molecule has 0 aliphatic carbocycles. The van der Waals surface area contributed by atoms with E-state index in [1.54, 1.807) is 13.8 Å².